The molecule has 2 amide bonds. The first-order chi connectivity index (χ1) is 8.52. The number of nitrogens with two attached hydrogens (primary N) is 1. The molecule has 2 N–H and O–H groups in total. The minimum atomic E-state index is -0.137. The number of benzene rings is 1. The van der Waals surface area contributed by atoms with E-state index in [1.807, 2.05) is 19.9 Å². The lowest BCUT2D eigenvalue weighted by Gasteiger charge is -2.28. The molecule has 0 saturated carbocycles. The van der Waals surface area contributed by atoms with Crippen LogP contribution in [0.25, 0.3) is 0 Å². The van der Waals surface area contributed by atoms with Gasteiger partial charge in [0, 0.05) is 18.5 Å². The zero-order chi connectivity index (χ0) is 13.3. The molecule has 1 aromatic carbocycles. The predicted molar refractivity (Wildman–Crippen MR) is 71.1 cm³/mol. The Kier molecular flexibility index (Phi) is 3.36. The molecule has 18 heavy (non-hydrogen) atoms. The summed E-state index contributed by atoms with van der Waals surface area (Å²) in [6.45, 7) is 3.94. The minimum Gasteiger partial charge on any atom is -0.398 e. The third kappa shape index (κ3) is 2.23. The van der Waals surface area contributed by atoms with Crippen LogP contribution in [0.3, 0.4) is 0 Å². The van der Waals surface area contributed by atoms with E-state index in [1.165, 1.54) is 4.90 Å². The quantitative estimate of drug-likeness (QED) is 0.642. The molecule has 0 radical (unpaired) electrons. The summed E-state index contributed by atoms with van der Waals surface area (Å²) in [6, 6.07) is 5.38. The molecule has 4 nitrogen and oxygen atoms in total. The number of nitrogen functional groups attached to an aromatic ring is 1. The fraction of sp³-hybridized carbons (Fsp3) is 0.429. The summed E-state index contributed by atoms with van der Waals surface area (Å²) in [5.74, 6) is -0.140. The van der Waals surface area contributed by atoms with Crippen molar-refractivity contribution in [3.8, 4) is 0 Å². The number of nitrogens with zero attached hydrogens (tertiary/aromatic N) is 1. The number of imide groups is 1. The number of hydrogen-bond donors (Lipinski definition) is 1. The van der Waals surface area contributed by atoms with Crippen molar-refractivity contribution in [2.24, 2.45) is 5.92 Å². The Hall–Kier alpha value is -1.84. The number of carbonyl (C=O) groups excluding carboxylic acids is 2. The zero-order valence-electron chi connectivity index (χ0n) is 10.8. The van der Waals surface area contributed by atoms with Crippen LogP contribution in [0.15, 0.2) is 18.2 Å². The maximum atomic E-state index is 11.9. The van der Waals surface area contributed by atoms with Gasteiger partial charge in [-0.3, -0.25) is 14.5 Å². The third-order valence-corrected chi connectivity index (χ3v) is 3.31. The van der Waals surface area contributed by atoms with Gasteiger partial charge in [0.15, 0.2) is 0 Å². The van der Waals surface area contributed by atoms with E-state index in [-0.39, 0.29) is 17.7 Å². The van der Waals surface area contributed by atoms with Crippen molar-refractivity contribution < 1.29 is 9.59 Å². The van der Waals surface area contributed by atoms with E-state index in [1.54, 1.807) is 12.1 Å². The number of rotatable bonds is 2. The maximum Gasteiger partial charge on any atom is 0.234 e. The molecule has 1 heterocycles. The second kappa shape index (κ2) is 4.80. The van der Waals surface area contributed by atoms with Gasteiger partial charge in [0.05, 0.1) is 5.69 Å². The average molecular weight is 246 g/mol. The van der Waals surface area contributed by atoms with Crippen molar-refractivity contribution in [1.29, 1.82) is 0 Å². The van der Waals surface area contributed by atoms with Gasteiger partial charge in [-0.05, 0) is 30.0 Å². The highest BCUT2D eigenvalue weighted by Gasteiger charge is 2.31. The van der Waals surface area contributed by atoms with E-state index >= 15 is 0 Å². The normalized spacial score (nSPS) is 17.3. The Morgan fingerprint density at radius 3 is 2.39 bits per heavy atom. The Morgan fingerprint density at radius 2 is 1.89 bits per heavy atom. The highest BCUT2D eigenvalue weighted by molar-refractivity contribution is 6.16. The molecule has 0 aromatic heterocycles. The van der Waals surface area contributed by atoms with Crippen LogP contribution >= 0.6 is 0 Å². The number of aryl methyl sites for hydroxylation is 1. The van der Waals surface area contributed by atoms with Crippen molar-refractivity contribution in [1.82, 2.24) is 0 Å². The molecule has 4 heteroatoms. The van der Waals surface area contributed by atoms with Crippen LogP contribution in [0.4, 0.5) is 11.4 Å². The lowest BCUT2D eigenvalue weighted by molar-refractivity contribution is -0.130. The van der Waals surface area contributed by atoms with Crippen LogP contribution in [-0.4, -0.2) is 11.8 Å². The summed E-state index contributed by atoms with van der Waals surface area (Å²) in [7, 11) is 0. The summed E-state index contributed by atoms with van der Waals surface area (Å²) >= 11 is 0. The monoisotopic (exact) mass is 246 g/mol. The first-order valence-electron chi connectivity index (χ1n) is 6.27. The lowest BCUT2D eigenvalue weighted by Crippen LogP contribution is -2.42. The summed E-state index contributed by atoms with van der Waals surface area (Å²) in [5, 5.41) is 0. The summed E-state index contributed by atoms with van der Waals surface area (Å²) in [5.41, 5.74) is 8.16. The molecule has 96 valence electrons. The molecule has 0 atom stereocenters. The fourth-order valence-electron chi connectivity index (χ4n) is 2.32. The molecule has 0 unspecified atom stereocenters. The summed E-state index contributed by atoms with van der Waals surface area (Å²) in [6.07, 6.45) is 1.67. The van der Waals surface area contributed by atoms with E-state index in [4.69, 9.17) is 5.73 Å². The zero-order valence-corrected chi connectivity index (χ0v) is 10.8. The lowest BCUT2D eigenvalue weighted by atomic mass is 9.97. The van der Waals surface area contributed by atoms with Gasteiger partial charge in [-0.25, -0.2) is 0 Å². The predicted octanol–water partition coefficient (Wildman–Crippen LogP) is 2.12. The molecule has 0 spiro atoms. The van der Waals surface area contributed by atoms with E-state index in [9.17, 15) is 9.59 Å². The Balaban J connectivity index is 2.33. The molecule has 1 aromatic rings. The maximum absolute atomic E-state index is 11.9. The minimum absolute atomic E-state index is 0.133. The summed E-state index contributed by atoms with van der Waals surface area (Å²) < 4.78 is 0. The van der Waals surface area contributed by atoms with Gasteiger partial charge in [0.1, 0.15) is 0 Å². The number of carbonyl (C=O) groups is 2. The van der Waals surface area contributed by atoms with Gasteiger partial charge in [-0.15, -0.1) is 0 Å². The first kappa shape index (κ1) is 12.6. The number of amides is 2. The van der Waals surface area contributed by atoms with E-state index in [0.717, 1.165) is 12.0 Å². The molecular formula is C14H18N2O2. The largest absolute Gasteiger partial charge is 0.398 e. The molecular weight excluding hydrogens is 228 g/mol. The van der Waals surface area contributed by atoms with Crippen LogP contribution in [0.2, 0.25) is 0 Å². The molecule has 1 fully saturated rings. The second-order valence-electron chi connectivity index (χ2n) is 4.87. The first-order valence-corrected chi connectivity index (χ1v) is 6.27. The Bertz CT molecular complexity index is 479. The number of piperidine rings is 1. The van der Waals surface area contributed by atoms with E-state index in [2.05, 4.69) is 0 Å². The molecule has 1 aliphatic heterocycles. The number of hydrogen-bond acceptors (Lipinski definition) is 3. The molecule has 0 aliphatic carbocycles. The van der Waals surface area contributed by atoms with Crippen molar-refractivity contribution in [2.45, 2.75) is 33.1 Å². The van der Waals surface area contributed by atoms with Crippen molar-refractivity contribution in [3.05, 3.63) is 23.8 Å². The van der Waals surface area contributed by atoms with Crippen LogP contribution in [0, 0.1) is 5.92 Å². The van der Waals surface area contributed by atoms with Crippen molar-refractivity contribution in [3.63, 3.8) is 0 Å². The van der Waals surface area contributed by atoms with Crippen LogP contribution in [-0.2, 0) is 16.0 Å². The molecule has 1 saturated heterocycles. The van der Waals surface area contributed by atoms with Crippen LogP contribution in [0.1, 0.15) is 32.3 Å². The topological polar surface area (TPSA) is 63.4 Å². The van der Waals surface area contributed by atoms with Crippen molar-refractivity contribution >= 4 is 23.2 Å². The second-order valence-corrected chi connectivity index (χ2v) is 4.87. The van der Waals surface area contributed by atoms with Crippen molar-refractivity contribution in [2.75, 3.05) is 10.6 Å². The van der Waals surface area contributed by atoms with Crippen LogP contribution < -0.4 is 10.6 Å². The highest BCUT2D eigenvalue weighted by Crippen LogP contribution is 2.27. The van der Waals surface area contributed by atoms with Crippen LogP contribution in [0.5, 0.6) is 0 Å². The van der Waals surface area contributed by atoms with Gasteiger partial charge in [0.2, 0.25) is 11.8 Å². The van der Waals surface area contributed by atoms with E-state index < -0.39 is 0 Å². The summed E-state index contributed by atoms with van der Waals surface area (Å²) in [4.78, 5) is 25.2. The van der Waals surface area contributed by atoms with E-state index in [0.29, 0.717) is 24.2 Å². The number of anilines is 2. The van der Waals surface area contributed by atoms with Gasteiger partial charge < -0.3 is 5.73 Å². The molecule has 2 rings (SSSR count). The Labute approximate surface area is 107 Å². The smallest absolute Gasteiger partial charge is 0.234 e. The van der Waals surface area contributed by atoms with Gasteiger partial charge in [0.25, 0.3) is 0 Å². The van der Waals surface area contributed by atoms with Gasteiger partial charge in [-0.1, -0.05) is 19.9 Å². The molecule has 1 aliphatic rings. The highest BCUT2D eigenvalue weighted by atomic mass is 16.2. The third-order valence-electron chi connectivity index (χ3n) is 3.31. The Morgan fingerprint density at radius 1 is 1.28 bits per heavy atom. The average Bonchev–Trinajstić information content (AvgIpc) is 2.27. The van der Waals surface area contributed by atoms with Gasteiger partial charge >= 0.3 is 0 Å². The fourth-order valence-corrected chi connectivity index (χ4v) is 2.32. The standard InChI is InChI=1S/C14H18N2O2/c1-3-10-4-5-11(8-12(10)15)16-13(17)6-9(2)7-14(16)18/h4-5,8-9H,3,6-7,15H2,1-2H3. The SMILES string of the molecule is CCc1ccc(N2C(=O)CC(C)CC2=O)cc1N. The molecule has 0 bridgehead atoms. The van der Waals surface area contributed by atoms with Gasteiger partial charge in [-0.2, -0.15) is 0 Å².